The number of carbonyl (C=O) groups excluding carboxylic acids is 2. The van der Waals surface area contributed by atoms with E-state index in [1.54, 1.807) is 29.2 Å². The highest BCUT2D eigenvalue weighted by molar-refractivity contribution is 5.95. The summed E-state index contributed by atoms with van der Waals surface area (Å²) in [4.78, 5) is 25.5. The summed E-state index contributed by atoms with van der Waals surface area (Å²) in [5.74, 6) is 0.132. The fraction of sp³-hybridized carbons (Fsp3) is 0.364. The predicted molar refractivity (Wildman–Crippen MR) is 109 cm³/mol. The lowest BCUT2D eigenvalue weighted by Gasteiger charge is -2.16. The van der Waals surface area contributed by atoms with Crippen molar-refractivity contribution in [2.45, 2.75) is 38.7 Å². The molecule has 0 atom stereocenters. The van der Waals surface area contributed by atoms with Gasteiger partial charge in [0.15, 0.2) is 0 Å². The minimum Gasteiger partial charge on any atom is -0.367 e. The van der Waals surface area contributed by atoms with E-state index < -0.39 is 12.8 Å². The monoisotopic (exact) mass is 435 g/mol. The summed E-state index contributed by atoms with van der Waals surface area (Å²) < 4.78 is 40.9. The van der Waals surface area contributed by atoms with Crippen LogP contribution in [0, 0.1) is 0 Å². The average Bonchev–Trinajstić information content (AvgIpc) is 3.17. The Hall–Kier alpha value is -3.07. The summed E-state index contributed by atoms with van der Waals surface area (Å²) in [6, 6.07) is 13.9. The molecule has 0 aliphatic carbocycles. The van der Waals surface area contributed by atoms with Crippen molar-refractivity contribution in [2.24, 2.45) is 0 Å². The van der Waals surface area contributed by atoms with Crippen LogP contribution in [0.2, 0.25) is 0 Å². The second-order valence-corrected chi connectivity index (χ2v) is 7.28. The molecule has 6 nitrogen and oxygen atoms in total. The van der Waals surface area contributed by atoms with Crippen LogP contribution in [-0.4, -0.2) is 31.3 Å². The third-order valence-corrected chi connectivity index (χ3v) is 4.78. The fourth-order valence-corrected chi connectivity index (χ4v) is 3.18. The van der Waals surface area contributed by atoms with Gasteiger partial charge >= 0.3 is 12.2 Å². The molecule has 0 unspecified atom stereocenters. The Morgan fingerprint density at radius 1 is 0.935 bits per heavy atom. The van der Waals surface area contributed by atoms with Crippen LogP contribution in [0.3, 0.4) is 0 Å². The molecule has 1 heterocycles. The number of rotatable bonds is 8. The predicted octanol–water partition coefficient (Wildman–Crippen LogP) is 3.89. The molecule has 9 heteroatoms. The van der Waals surface area contributed by atoms with E-state index in [9.17, 15) is 22.8 Å². The van der Waals surface area contributed by atoms with Crippen LogP contribution >= 0.6 is 0 Å². The number of benzene rings is 2. The molecule has 1 aliphatic heterocycles. The first kappa shape index (κ1) is 22.6. The Morgan fingerprint density at radius 2 is 1.48 bits per heavy atom. The lowest BCUT2D eigenvalue weighted by atomic mass is 10.1. The average molecular weight is 435 g/mol. The summed E-state index contributed by atoms with van der Waals surface area (Å²) in [5.41, 5.74) is 3.21. The molecule has 1 saturated heterocycles. The zero-order valence-corrected chi connectivity index (χ0v) is 16.9. The van der Waals surface area contributed by atoms with Crippen LogP contribution in [-0.2, 0) is 29.2 Å². The van der Waals surface area contributed by atoms with Gasteiger partial charge in [0.2, 0.25) is 5.91 Å². The maximum atomic E-state index is 12.1. The number of ether oxygens (including phenoxy) is 1. The SMILES string of the molecule is O=C(NCc1ccc(COCC(F)(F)F)cc1)NCc1ccc(N2CCCC2=O)cc1. The number of amides is 3. The molecule has 0 aromatic heterocycles. The number of nitrogens with one attached hydrogen (secondary N) is 2. The Kier molecular flexibility index (Phi) is 7.51. The second-order valence-electron chi connectivity index (χ2n) is 7.28. The molecule has 2 N–H and O–H groups in total. The molecule has 1 aliphatic rings. The Bertz CT molecular complexity index is 884. The molecule has 0 radical (unpaired) electrons. The van der Waals surface area contributed by atoms with E-state index in [2.05, 4.69) is 15.4 Å². The van der Waals surface area contributed by atoms with Crippen LogP contribution in [0.4, 0.5) is 23.7 Å². The van der Waals surface area contributed by atoms with E-state index >= 15 is 0 Å². The van der Waals surface area contributed by atoms with Gasteiger partial charge in [-0.15, -0.1) is 0 Å². The van der Waals surface area contributed by atoms with Gasteiger partial charge in [-0.1, -0.05) is 36.4 Å². The molecule has 0 bridgehead atoms. The zero-order chi connectivity index (χ0) is 22.3. The Morgan fingerprint density at radius 3 is 2.00 bits per heavy atom. The zero-order valence-electron chi connectivity index (χ0n) is 16.9. The van der Waals surface area contributed by atoms with E-state index in [0.717, 1.165) is 29.8 Å². The van der Waals surface area contributed by atoms with Gasteiger partial charge < -0.3 is 20.3 Å². The van der Waals surface area contributed by atoms with Gasteiger partial charge in [0, 0.05) is 31.7 Å². The molecule has 3 rings (SSSR count). The number of urea groups is 1. The number of nitrogens with zero attached hydrogens (tertiary/aromatic N) is 1. The summed E-state index contributed by atoms with van der Waals surface area (Å²) in [6.07, 6.45) is -2.89. The lowest BCUT2D eigenvalue weighted by Crippen LogP contribution is -2.34. The minimum absolute atomic E-state index is 0.127. The van der Waals surface area contributed by atoms with E-state index in [-0.39, 0.29) is 25.1 Å². The first-order valence-electron chi connectivity index (χ1n) is 9.93. The molecule has 0 spiro atoms. The molecular weight excluding hydrogens is 411 g/mol. The number of alkyl halides is 3. The number of halogens is 3. The number of anilines is 1. The highest BCUT2D eigenvalue weighted by atomic mass is 19.4. The highest BCUT2D eigenvalue weighted by Gasteiger charge is 2.27. The number of hydrogen-bond donors (Lipinski definition) is 2. The molecule has 31 heavy (non-hydrogen) atoms. The summed E-state index contributed by atoms with van der Waals surface area (Å²) in [7, 11) is 0. The standard InChI is InChI=1S/C22H24F3N3O3/c23-22(24,25)15-31-14-18-5-3-16(4-6-18)12-26-21(30)27-13-17-7-9-19(10-8-17)28-11-1-2-20(28)29/h3-10H,1-2,11-15H2,(H2,26,27,30). The van der Waals surface area contributed by atoms with Crippen LogP contribution in [0.1, 0.15) is 29.5 Å². The van der Waals surface area contributed by atoms with Crippen molar-refractivity contribution in [3.8, 4) is 0 Å². The summed E-state index contributed by atoms with van der Waals surface area (Å²) >= 11 is 0. The van der Waals surface area contributed by atoms with Gasteiger partial charge in [0.05, 0.1) is 6.61 Å². The number of hydrogen-bond acceptors (Lipinski definition) is 3. The molecule has 1 fully saturated rings. The molecular formula is C22H24F3N3O3. The van der Waals surface area contributed by atoms with Crippen molar-refractivity contribution in [2.75, 3.05) is 18.1 Å². The normalized spacial score (nSPS) is 14.0. The molecule has 166 valence electrons. The van der Waals surface area contributed by atoms with Crippen molar-refractivity contribution in [1.29, 1.82) is 0 Å². The van der Waals surface area contributed by atoms with Gasteiger partial charge in [-0.2, -0.15) is 13.2 Å². The van der Waals surface area contributed by atoms with Crippen molar-refractivity contribution in [1.82, 2.24) is 10.6 Å². The largest absolute Gasteiger partial charge is 0.411 e. The second kappa shape index (κ2) is 10.3. The Balaban J connectivity index is 1.37. The minimum atomic E-state index is -4.34. The fourth-order valence-electron chi connectivity index (χ4n) is 3.18. The third-order valence-electron chi connectivity index (χ3n) is 4.78. The van der Waals surface area contributed by atoms with Crippen molar-refractivity contribution >= 4 is 17.6 Å². The van der Waals surface area contributed by atoms with Crippen LogP contribution in [0.5, 0.6) is 0 Å². The van der Waals surface area contributed by atoms with E-state index in [0.29, 0.717) is 18.5 Å². The molecule has 2 aromatic rings. The van der Waals surface area contributed by atoms with Crippen LogP contribution in [0.15, 0.2) is 48.5 Å². The molecule has 3 amide bonds. The third kappa shape index (κ3) is 7.29. The van der Waals surface area contributed by atoms with Gasteiger partial charge in [-0.25, -0.2) is 4.79 Å². The van der Waals surface area contributed by atoms with Gasteiger partial charge in [-0.05, 0) is 35.2 Å². The molecule has 2 aromatic carbocycles. The molecule has 0 saturated carbocycles. The summed E-state index contributed by atoms with van der Waals surface area (Å²) in [6.45, 7) is -0.0462. The van der Waals surface area contributed by atoms with E-state index in [1.165, 1.54) is 0 Å². The van der Waals surface area contributed by atoms with E-state index in [4.69, 9.17) is 0 Å². The Labute approximate surface area is 178 Å². The quantitative estimate of drug-likeness (QED) is 0.661. The summed E-state index contributed by atoms with van der Waals surface area (Å²) in [5, 5.41) is 5.49. The maximum absolute atomic E-state index is 12.1. The first-order chi connectivity index (χ1) is 14.8. The smallest absolute Gasteiger partial charge is 0.367 e. The van der Waals surface area contributed by atoms with Crippen molar-refractivity contribution in [3.63, 3.8) is 0 Å². The van der Waals surface area contributed by atoms with Crippen LogP contribution in [0.25, 0.3) is 0 Å². The topological polar surface area (TPSA) is 70.7 Å². The van der Waals surface area contributed by atoms with Gasteiger partial charge in [0.1, 0.15) is 6.61 Å². The van der Waals surface area contributed by atoms with Gasteiger partial charge in [0.25, 0.3) is 0 Å². The van der Waals surface area contributed by atoms with E-state index in [1.807, 2.05) is 24.3 Å². The maximum Gasteiger partial charge on any atom is 0.411 e. The van der Waals surface area contributed by atoms with Crippen molar-refractivity contribution < 1.29 is 27.5 Å². The first-order valence-corrected chi connectivity index (χ1v) is 9.93. The van der Waals surface area contributed by atoms with Crippen LogP contribution < -0.4 is 15.5 Å². The highest BCUT2D eigenvalue weighted by Crippen LogP contribution is 2.21. The van der Waals surface area contributed by atoms with Gasteiger partial charge in [-0.3, -0.25) is 4.79 Å². The number of carbonyl (C=O) groups is 2. The van der Waals surface area contributed by atoms with Crippen molar-refractivity contribution in [3.05, 3.63) is 65.2 Å². The lowest BCUT2D eigenvalue weighted by molar-refractivity contribution is -0.176.